The van der Waals surface area contributed by atoms with Crippen molar-refractivity contribution in [1.82, 2.24) is 20.2 Å². The van der Waals surface area contributed by atoms with Crippen LogP contribution in [0.1, 0.15) is 71.4 Å². The number of benzene rings is 1. The van der Waals surface area contributed by atoms with E-state index in [1.807, 2.05) is 31.0 Å². The molecule has 7 heteroatoms. The summed E-state index contributed by atoms with van der Waals surface area (Å²) in [4.78, 5) is 25.7. The van der Waals surface area contributed by atoms with Crippen LogP contribution in [-0.4, -0.2) is 45.9 Å². The van der Waals surface area contributed by atoms with Crippen LogP contribution < -0.4 is 5.32 Å². The van der Waals surface area contributed by atoms with Gasteiger partial charge in [0.05, 0.1) is 5.69 Å². The van der Waals surface area contributed by atoms with Gasteiger partial charge in [0.15, 0.2) is 0 Å². The molecule has 1 aromatic carbocycles. The Bertz CT molecular complexity index is 1200. The number of amides is 1. The average Bonchev–Trinajstić information content (AvgIpc) is 3.30. The zero-order valence-electron chi connectivity index (χ0n) is 18.3. The molecular formula is C25H27BrN4OS. The maximum absolute atomic E-state index is 13.2. The second-order valence-electron chi connectivity index (χ2n) is 9.66. The smallest absolute Gasteiger partial charge is 0.253 e. The number of rotatable bonds is 4. The summed E-state index contributed by atoms with van der Waals surface area (Å²) in [6.45, 7) is 1.97. The van der Waals surface area contributed by atoms with Crippen molar-refractivity contribution in [2.24, 2.45) is 0 Å². The van der Waals surface area contributed by atoms with E-state index in [4.69, 9.17) is 4.98 Å². The number of hydrogen-bond donors (Lipinski definition) is 1. The average molecular weight is 511 g/mol. The lowest BCUT2D eigenvalue weighted by Gasteiger charge is -2.35. The molecule has 4 atom stereocenters. The zero-order chi connectivity index (χ0) is 22.0. The topological polar surface area (TPSA) is 58.1 Å². The molecule has 2 aromatic heterocycles. The van der Waals surface area contributed by atoms with Crippen molar-refractivity contribution in [2.75, 3.05) is 7.05 Å². The molecule has 3 aliphatic rings. The van der Waals surface area contributed by atoms with Crippen molar-refractivity contribution in [3.05, 3.63) is 56.8 Å². The summed E-state index contributed by atoms with van der Waals surface area (Å²) in [5.74, 6) is 1.82. The Morgan fingerprint density at radius 2 is 1.91 bits per heavy atom. The highest BCUT2D eigenvalue weighted by molar-refractivity contribution is 9.10. The molecule has 3 fully saturated rings. The van der Waals surface area contributed by atoms with Crippen LogP contribution in [0.25, 0.3) is 10.2 Å². The number of piperidine rings is 1. The number of thiophene rings is 1. The number of fused-ring (bicyclic) bond motifs is 3. The number of nitrogens with one attached hydrogen (secondary N) is 1. The third-order valence-corrected chi connectivity index (χ3v) is 9.06. The summed E-state index contributed by atoms with van der Waals surface area (Å²) >= 11 is 5.45. The van der Waals surface area contributed by atoms with Crippen molar-refractivity contribution in [3.8, 4) is 0 Å². The Hall–Kier alpha value is -1.83. The van der Waals surface area contributed by atoms with Gasteiger partial charge in [-0.05, 0) is 74.1 Å². The van der Waals surface area contributed by atoms with Gasteiger partial charge in [0.25, 0.3) is 5.91 Å². The molecule has 4 unspecified atom stereocenters. The van der Waals surface area contributed by atoms with Crippen molar-refractivity contribution < 1.29 is 4.79 Å². The first-order chi connectivity index (χ1) is 15.5. The molecule has 2 saturated heterocycles. The van der Waals surface area contributed by atoms with Gasteiger partial charge in [0, 0.05) is 46.5 Å². The fourth-order valence-electron chi connectivity index (χ4n) is 5.79. The van der Waals surface area contributed by atoms with Crippen LogP contribution in [0, 0.1) is 6.92 Å². The maximum Gasteiger partial charge on any atom is 0.253 e. The molecule has 1 N–H and O–H groups in total. The summed E-state index contributed by atoms with van der Waals surface area (Å²) < 4.78 is 1.03. The minimum Gasteiger partial charge on any atom is -0.339 e. The van der Waals surface area contributed by atoms with E-state index in [0.29, 0.717) is 30.0 Å². The third kappa shape index (κ3) is 3.58. The van der Waals surface area contributed by atoms with E-state index in [-0.39, 0.29) is 5.91 Å². The van der Waals surface area contributed by atoms with Gasteiger partial charge in [-0.2, -0.15) is 0 Å². The van der Waals surface area contributed by atoms with Crippen LogP contribution >= 0.6 is 27.3 Å². The molecule has 1 saturated carbocycles. The molecule has 166 valence electrons. The van der Waals surface area contributed by atoms with E-state index in [1.54, 1.807) is 11.3 Å². The lowest BCUT2D eigenvalue weighted by atomic mass is 9.97. The van der Waals surface area contributed by atoms with Gasteiger partial charge in [-0.15, -0.1) is 11.3 Å². The van der Waals surface area contributed by atoms with E-state index in [2.05, 4.69) is 43.7 Å². The molecular weight excluding hydrogens is 484 g/mol. The second kappa shape index (κ2) is 7.89. The molecule has 2 bridgehead atoms. The maximum atomic E-state index is 13.2. The fourth-order valence-corrected chi connectivity index (χ4v) is 7.28. The number of hydrogen-bond acceptors (Lipinski definition) is 5. The summed E-state index contributed by atoms with van der Waals surface area (Å²) in [6, 6.07) is 9.80. The van der Waals surface area contributed by atoms with E-state index >= 15 is 0 Å². The normalized spacial score (nSPS) is 28.8. The van der Waals surface area contributed by atoms with Crippen molar-refractivity contribution in [1.29, 1.82) is 0 Å². The molecule has 3 aromatic rings. The monoisotopic (exact) mass is 510 g/mol. The summed E-state index contributed by atoms with van der Waals surface area (Å²) in [5.41, 5.74) is 3.21. The largest absolute Gasteiger partial charge is 0.339 e. The van der Waals surface area contributed by atoms with Crippen LogP contribution in [0.2, 0.25) is 0 Å². The fraction of sp³-hybridized carbons (Fsp3) is 0.480. The van der Waals surface area contributed by atoms with Gasteiger partial charge in [0.1, 0.15) is 10.7 Å². The zero-order valence-corrected chi connectivity index (χ0v) is 20.7. The standard InChI is InChI=1S/C25H27BrN4OS/c1-13-27-23(19-7-8-32-24(19)28-13)21-12-20(21)18-6-3-14(9-22(18)26)25(31)30(2)17-10-15-4-5-16(11-17)29-15/h3,6-9,15-17,20-21,29H,4-5,10-12H2,1-2H3. The quantitative estimate of drug-likeness (QED) is 0.511. The predicted octanol–water partition coefficient (Wildman–Crippen LogP) is 5.39. The SMILES string of the molecule is Cc1nc(C2CC2c2ccc(C(=O)N(C)C3CC4CCC(C3)N4)cc2Br)c2ccsc2n1. The van der Waals surface area contributed by atoms with Crippen LogP contribution in [0.4, 0.5) is 0 Å². The Morgan fingerprint density at radius 1 is 1.12 bits per heavy atom. The molecule has 2 aliphatic heterocycles. The van der Waals surface area contributed by atoms with Crippen LogP contribution in [-0.2, 0) is 0 Å². The third-order valence-electron chi connectivity index (χ3n) is 7.57. The van der Waals surface area contributed by atoms with Gasteiger partial charge in [-0.3, -0.25) is 4.79 Å². The minimum atomic E-state index is 0.127. The molecule has 0 radical (unpaired) electrons. The lowest BCUT2D eigenvalue weighted by Crippen LogP contribution is -2.48. The highest BCUT2D eigenvalue weighted by Gasteiger charge is 2.43. The summed E-state index contributed by atoms with van der Waals surface area (Å²) in [7, 11) is 1.97. The van der Waals surface area contributed by atoms with Crippen molar-refractivity contribution in [3.63, 3.8) is 0 Å². The number of nitrogens with zero attached hydrogens (tertiary/aromatic N) is 3. The highest BCUT2D eigenvalue weighted by Crippen LogP contribution is 2.57. The lowest BCUT2D eigenvalue weighted by molar-refractivity contribution is 0.0681. The molecule has 5 nitrogen and oxygen atoms in total. The Kier molecular flexibility index (Phi) is 5.12. The summed E-state index contributed by atoms with van der Waals surface area (Å²) in [6.07, 6.45) is 5.71. The van der Waals surface area contributed by atoms with Gasteiger partial charge in [-0.1, -0.05) is 22.0 Å². The molecule has 32 heavy (non-hydrogen) atoms. The first-order valence-electron chi connectivity index (χ1n) is 11.5. The highest BCUT2D eigenvalue weighted by atomic mass is 79.9. The number of carbonyl (C=O) groups is 1. The van der Waals surface area contributed by atoms with E-state index in [1.165, 1.54) is 29.5 Å². The Morgan fingerprint density at radius 3 is 2.66 bits per heavy atom. The minimum absolute atomic E-state index is 0.127. The Labute approximate surface area is 200 Å². The Balaban J connectivity index is 1.20. The first kappa shape index (κ1) is 20.8. The molecule has 4 heterocycles. The molecule has 0 spiro atoms. The first-order valence-corrected chi connectivity index (χ1v) is 13.2. The molecule has 6 rings (SSSR count). The number of aromatic nitrogens is 2. The van der Waals surface area contributed by atoms with E-state index in [0.717, 1.165) is 40.0 Å². The molecule has 1 aliphatic carbocycles. The number of halogens is 1. The number of aryl methyl sites for hydroxylation is 1. The van der Waals surface area contributed by atoms with E-state index < -0.39 is 0 Å². The predicted molar refractivity (Wildman–Crippen MR) is 131 cm³/mol. The van der Waals surface area contributed by atoms with Crippen molar-refractivity contribution in [2.45, 2.75) is 69.0 Å². The van der Waals surface area contributed by atoms with Gasteiger partial charge in [-0.25, -0.2) is 9.97 Å². The van der Waals surface area contributed by atoms with Crippen molar-refractivity contribution >= 4 is 43.4 Å². The second-order valence-corrected chi connectivity index (χ2v) is 11.4. The summed E-state index contributed by atoms with van der Waals surface area (Å²) in [5, 5.41) is 6.95. The number of carbonyl (C=O) groups excluding carboxylic acids is 1. The van der Waals surface area contributed by atoms with E-state index in [9.17, 15) is 4.79 Å². The van der Waals surface area contributed by atoms with Crippen LogP contribution in [0.5, 0.6) is 0 Å². The van der Waals surface area contributed by atoms with Gasteiger partial charge < -0.3 is 10.2 Å². The van der Waals surface area contributed by atoms with Crippen LogP contribution in [0.15, 0.2) is 34.1 Å². The van der Waals surface area contributed by atoms with Gasteiger partial charge >= 0.3 is 0 Å². The van der Waals surface area contributed by atoms with Gasteiger partial charge in [0.2, 0.25) is 0 Å². The van der Waals surface area contributed by atoms with Crippen LogP contribution in [0.3, 0.4) is 0 Å². The molecule has 1 amide bonds.